The van der Waals surface area contributed by atoms with Crippen LogP contribution in [0.15, 0.2) is 0 Å². The molecule has 7 heavy (non-hydrogen) atoms. The summed E-state index contributed by atoms with van der Waals surface area (Å²) in [6, 6.07) is 0. The van der Waals surface area contributed by atoms with Gasteiger partial charge in [-0.2, -0.15) is 0 Å². The van der Waals surface area contributed by atoms with Crippen LogP contribution in [0.3, 0.4) is 0 Å². The smallest absolute Gasteiger partial charge is 0.356 e. The van der Waals surface area contributed by atoms with E-state index < -0.39 is 5.09 Å². The second-order valence-corrected chi connectivity index (χ2v) is 0.224. The van der Waals surface area contributed by atoms with E-state index in [9.17, 15) is 0 Å². The molecule has 0 aromatic rings. The molecule has 0 saturated heterocycles. The minimum absolute atomic E-state index is 0. The zero-order valence-electron chi connectivity index (χ0n) is 3.97. The van der Waals surface area contributed by atoms with E-state index in [1.165, 1.54) is 0 Å². The molecule has 0 unspecified atom stereocenters. The molecule has 0 aliphatic heterocycles. The molecule has 0 spiro atoms. The van der Waals surface area contributed by atoms with E-state index in [-0.39, 0.29) is 22.4 Å². The van der Waals surface area contributed by atoms with E-state index in [1.54, 1.807) is 0 Å². The standard InChI is InChI=1S/C2H6.Ag.NO3/c1-2;;2-1(3)4/h1-2H3;;/q;+1;-1. The molecule has 0 rings (SSSR count). The number of hydrogen-bond donors (Lipinski definition) is 0. The molecule has 0 saturated carbocycles. The Bertz CT molecular complexity index is 35.9. The molecule has 0 radical (unpaired) electrons. The van der Waals surface area contributed by atoms with Gasteiger partial charge in [-0.3, -0.25) is 0 Å². The number of rotatable bonds is 0. The van der Waals surface area contributed by atoms with Crippen LogP contribution in [0.2, 0.25) is 0 Å². The fraction of sp³-hybridized carbons (Fsp3) is 1.00. The van der Waals surface area contributed by atoms with Gasteiger partial charge in [-0.05, 0) is 0 Å². The Hall–Kier alpha value is -0.0597. The molecule has 48 valence electrons. The van der Waals surface area contributed by atoms with E-state index in [4.69, 9.17) is 15.3 Å². The van der Waals surface area contributed by atoms with Crippen molar-refractivity contribution in [3.63, 3.8) is 0 Å². The summed E-state index contributed by atoms with van der Waals surface area (Å²) in [6.45, 7) is 4.00. The van der Waals surface area contributed by atoms with Gasteiger partial charge in [0.25, 0.3) is 0 Å². The van der Waals surface area contributed by atoms with Gasteiger partial charge in [0.1, 0.15) is 0 Å². The van der Waals surface area contributed by atoms with E-state index in [0.717, 1.165) is 0 Å². The quantitative estimate of drug-likeness (QED) is 0.329. The van der Waals surface area contributed by atoms with Crippen LogP contribution < -0.4 is 0 Å². The Morgan fingerprint density at radius 2 is 1.29 bits per heavy atom. The van der Waals surface area contributed by atoms with E-state index in [1.807, 2.05) is 13.8 Å². The van der Waals surface area contributed by atoms with Crippen LogP contribution in [0.4, 0.5) is 0 Å². The first-order chi connectivity index (χ1) is 2.73. The van der Waals surface area contributed by atoms with Crippen LogP contribution in [-0.4, -0.2) is 5.09 Å². The Morgan fingerprint density at radius 3 is 1.29 bits per heavy atom. The van der Waals surface area contributed by atoms with Crippen molar-refractivity contribution in [1.82, 2.24) is 0 Å². The van der Waals surface area contributed by atoms with Crippen LogP contribution in [0.5, 0.6) is 0 Å². The zero-order valence-corrected chi connectivity index (χ0v) is 5.46. The Kier molecular flexibility index (Phi) is 37.8. The summed E-state index contributed by atoms with van der Waals surface area (Å²) in [7, 11) is 0. The van der Waals surface area contributed by atoms with Gasteiger partial charge < -0.3 is 15.3 Å². The SMILES string of the molecule is CC.O=[N+]([O-])[O-].[Ag+]. The normalized spacial score (nSPS) is 4.29. The molecular formula is C2H6AgNO3. The van der Waals surface area contributed by atoms with Crippen molar-refractivity contribution in [2.24, 2.45) is 0 Å². The molecule has 0 aromatic carbocycles. The third-order valence-corrected chi connectivity index (χ3v) is 0. The average Bonchev–Trinajstić information content (AvgIpc) is 1.41. The van der Waals surface area contributed by atoms with Crippen LogP contribution in [-0.2, 0) is 22.4 Å². The first-order valence-corrected chi connectivity index (χ1v) is 1.55. The summed E-state index contributed by atoms with van der Waals surface area (Å²) < 4.78 is 0. The molecule has 0 aliphatic rings. The van der Waals surface area contributed by atoms with Crippen LogP contribution >= 0.6 is 0 Å². The number of nitrogens with zero attached hydrogens (tertiary/aromatic N) is 1. The molecule has 0 bridgehead atoms. The van der Waals surface area contributed by atoms with Crippen LogP contribution in [0.1, 0.15) is 13.8 Å². The van der Waals surface area contributed by atoms with Crippen molar-refractivity contribution in [3.05, 3.63) is 15.3 Å². The van der Waals surface area contributed by atoms with Gasteiger partial charge >= 0.3 is 22.4 Å². The topological polar surface area (TPSA) is 66.2 Å². The summed E-state index contributed by atoms with van der Waals surface area (Å²) in [5.41, 5.74) is 0. The van der Waals surface area contributed by atoms with Crippen molar-refractivity contribution < 1.29 is 27.5 Å². The molecule has 0 aromatic heterocycles. The van der Waals surface area contributed by atoms with E-state index in [0.29, 0.717) is 0 Å². The average molecular weight is 200 g/mol. The van der Waals surface area contributed by atoms with Gasteiger partial charge in [-0.25, -0.2) is 0 Å². The van der Waals surface area contributed by atoms with Gasteiger partial charge in [-0.15, -0.1) is 0 Å². The Balaban J connectivity index is -0.0000000480. The molecule has 0 atom stereocenters. The first-order valence-electron chi connectivity index (χ1n) is 1.55. The summed E-state index contributed by atoms with van der Waals surface area (Å²) in [6.07, 6.45) is 0. The molecular weight excluding hydrogens is 194 g/mol. The summed E-state index contributed by atoms with van der Waals surface area (Å²) in [5.74, 6) is 0. The van der Waals surface area contributed by atoms with Gasteiger partial charge in [0, 0.05) is 0 Å². The van der Waals surface area contributed by atoms with Crippen LogP contribution in [0, 0.1) is 15.3 Å². The predicted octanol–water partition coefficient (Wildman–Crippen LogP) is 0.785. The van der Waals surface area contributed by atoms with Crippen molar-refractivity contribution in [2.45, 2.75) is 13.8 Å². The molecule has 0 heterocycles. The van der Waals surface area contributed by atoms with E-state index >= 15 is 0 Å². The Labute approximate surface area is 57.1 Å². The predicted molar refractivity (Wildman–Crippen MR) is 21.7 cm³/mol. The zero-order chi connectivity index (χ0) is 5.58. The maximum absolute atomic E-state index is 8.25. The maximum Gasteiger partial charge on any atom is 1.00 e. The largest absolute Gasteiger partial charge is 1.00 e. The fourth-order valence-electron chi connectivity index (χ4n) is 0. The summed E-state index contributed by atoms with van der Waals surface area (Å²) in [5, 5.41) is 14.8. The van der Waals surface area contributed by atoms with Crippen molar-refractivity contribution >= 4 is 0 Å². The van der Waals surface area contributed by atoms with Gasteiger partial charge in [0.05, 0.1) is 5.09 Å². The third-order valence-electron chi connectivity index (χ3n) is 0. The van der Waals surface area contributed by atoms with Crippen molar-refractivity contribution in [3.8, 4) is 0 Å². The fourth-order valence-corrected chi connectivity index (χ4v) is 0. The molecule has 4 nitrogen and oxygen atoms in total. The van der Waals surface area contributed by atoms with E-state index in [2.05, 4.69) is 0 Å². The first kappa shape index (κ1) is 15.8. The molecule has 0 aliphatic carbocycles. The molecule has 0 fully saturated rings. The van der Waals surface area contributed by atoms with Gasteiger partial charge in [0.15, 0.2) is 0 Å². The second kappa shape index (κ2) is 16.8. The van der Waals surface area contributed by atoms with Crippen molar-refractivity contribution in [2.75, 3.05) is 0 Å². The van der Waals surface area contributed by atoms with Crippen molar-refractivity contribution in [1.29, 1.82) is 0 Å². The van der Waals surface area contributed by atoms with Crippen LogP contribution in [0.25, 0.3) is 0 Å². The van der Waals surface area contributed by atoms with Gasteiger partial charge in [0.2, 0.25) is 0 Å². The Morgan fingerprint density at radius 1 is 1.29 bits per heavy atom. The third kappa shape index (κ3) is 25800. The molecule has 0 N–H and O–H groups in total. The summed E-state index contributed by atoms with van der Waals surface area (Å²) >= 11 is 0. The second-order valence-electron chi connectivity index (χ2n) is 0.224. The molecule has 0 amide bonds. The maximum atomic E-state index is 8.25. The minimum Gasteiger partial charge on any atom is -0.356 e. The summed E-state index contributed by atoms with van der Waals surface area (Å²) in [4.78, 5) is 8.25. The molecule has 5 heteroatoms. The van der Waals surface area contributed by atoms with Gasteiger partial charge in [-0.1, -0.05) is 13.8 Å². The minimum atomic E-state index is -1.75. The number of hydrogen-bond acceptors (Lipinski definition) is 3. The monoisotopic (exact) mass is 199 g/mol.